The van der Waals surface area contributed by atoms with E-state index < -0.39 is 11.7 Å². The Morgan fingerprint density at radius 1 is 1.21 bits per heavy atom. The minimum atomic E-state index is -4.23. The molecule has 1 nitrogen and oxygen atoms in total. The fourth-order valence-corrected chi connectivity index (χ4v) is 3.08. The minimum Gasteiger partial charge on any atom is -0.310 e. The molecule has 0 bridgehead atoms. The second-order valence-corrected chi connectivity index (χ2v) is 4.95. The van der Waals surface area contributed by atoms with Gasteiger partial charge in [-0.25, -0.2) is 0 Å². The number of nitrogens with one attached hydrogen (secondary N) is 1. The highest BCUT2D eigenvalue weighted by Gasteiger charge is 2.37. The van der Waals surface area contributed by atoms with Gasteiger partial charge >= 0.3 is 6.18 Å². The van der Waals surface area contributed by atoms with E-state index in [9.17, 15) is 13.2 Å². The molecule has 0 aromatic heterocycles. The van der Waals surface area contributed by atoms with Gasteiger partial charge in [-0.15, -0.1) is 0 Å². The summed E-state index contributed by atoms with van der Waals surface area (Å²) in [6.45, 7) is 4.97. The molecule has 1 N–H and O–H groups in total. The van der Waals surface area contributed by atoms with Gasteiger partial charge in [0.15, 0.2) is 0 Å². The van der Waals surface area contributed by atoms with E-state index in [1.165, 1.54) is 12.1 Å². The molecule has 19 heavy (non-hydrogen) atoms. The summed E-state index contributed by atoms with van der Waals surface area (Å²) in [6, 6.07) is 4.47. The van der Waals surface area contributed by atoms with Crippen LogP contribution in [0, 0.1) is 5.92 Å². The van der Waals surface area contributed by atoms with Gasteiger partial charge in [-0.3, -0.25) is 0 Å². The van der Waals surface area contributed by atoms with Crippen LogP contribution in [0.15, 0.2) is 18.2 Å². The molecule has 2 unspecified atom stereocenters. The molecular weight excluding hydrogens is 251 g/mol. The van der Waals surface area contributed by atoms with E-state index in [-0.39, 0.29) is 6.04 Å². The number of hydrogen-bond donors (Lipinski definition) is 1. The molecule has 1 aliphatic carbocycles. The average Bonchev–Trinajstić information content (AvgIpc) is 2.77. The van der Waals surface area contributed by atoms with Crippen LogP contribution in [-0.4, -0.2) is 6.54 Å². The topological polar surface area (TPSA) is 12.0 Å². The standard InChI is InChI=1S/C13H14F3N.C2H6/c14-13(15,16)10-3-4-11-9(7-10)6-8-2-1-5-17-12(8)11;1-2/h3-4,7-8,12,17H,1-2,5-6H2;1-2H3. The van der Waals surface area contributed by atoms with Gasteiger partial charge in [0.25, 0.3) is 0 Å². The third-order valence-corrected chi connectivity index (χ3v) is 3.87. The van der Waals surface area contributed by atoms with Crippen molar-refractivity contribution in [1.82, 2.24) is 5.32 Å². The van der Waals surface area contributed by atoms with Crippen LogP contribution in [0.25, 0.3) is 0 Å². The molecule has 1 heterocycles. The zero-order chi connectivity index (χ0) is 14.0. The van der Waals surface area contributed by atoms with Gasteiger partial charge in [0.05, 0.1) is 5.56 Å². The number of benzene rings is 1. The van der Waals surface area contributed by atoms with E-state index in [2.05, 4.69) is 5.32 Å². The van der Waals surface area contributed by atoms with Crippen molar-refractivity contribution in [3.05, 3.63) is 34.9 Å². The van der Waals surface area contributed by atoms with Gasteiger partial charge in [-0.05, 0) is 55.0 Å². The third kappa shape index (κ3) is 2.78. The summed E-state index contributed by atoms with van der Waals surface area (Å²) >= 11 is 0. The predicted octanol–water partition coefficient (Wildman–Crippen LogP) is 4.33. The molecule has 0 spiro atoms. The largest absolute Gasteiger partial charge is 0.416 e. The molecule has 1 aromatic carbocycles. The number of fused-ring (bicyclic) bond motifs is 3. The van der Waals surface area contributed by atoms with Crippen molar-refractivity contribution in [2.75, 3.05) is 6.54 Å². The van der Waals surface area contributed by atoms with Crippen molar-refractivity contribution >= 4 is 0 Å². The maximum atomic E-state index is 12.6. The second-order valence-electron chi connectivity index (χ2n) is 4.95. The Hall–Kier alpha value is -1.03. The molecule has 4 heteroatoms. The van der Waals surface area contributed by atoms with E-state index in [1.807, 2.05) is 13.8 Å². The quantitative estimate of drug-likeness (QED) is 0.740. The Bertz CT molecular complexity index is 440. The third-order valence-electron chi connectivity index (χ3n) is 3.87. The normalized spacial score (nSPS) is 25.1. The lowest BCUT2D eigenvalue weighted by Gasteiger charge is -2.27. The zero-order valence-electron chi connectivity index (χ0n) is 11.3. The van der Waals surface area contributed by atoms with Crippen molar-refractivity contribution in [2.45, 2.75) is 45.3 Å². The van der Waals surface area contributed by atoms with Crippen LogP contribution >= 0.6 is 0 Å². The molecule has 1 aliphatic heterocycles. The Labute approximate surface area is 112 Å². The smallest absolute Gasteiger partial charge is 0.310 e. The number of alkyl halides is 3. The SMILES string of the molecule is CC.FC(F)(F)c1ccc2c(c1)CC1CCCNC21. The van der Waals surface area contributed by atoms with Crippen LogP contribution in [0.2, 0.25) is 0 Å². The number of piperidine rings is 1. The molecule has 0 amide bonds. The van der Waals surface area contributed by atoms with Gasteiger partial charge in [0.2, 0.25) is 0 Å². The summed E-state index contributed by atoms with van der Waals surface area (Å²) < 4.78 is 37.8. The summed E-state index contributed by atoms with van der Waals surface area (Å²) in [5, 5.41) is 3.41. The summed E-state index contributed by atoms with van der Waals surface area (Å²) in [4.78, 5) is 0. The van der Waals surface area contributed by atoms with Crippen molar-refractivity contribution in [1.29, 1.82) is 0 Å². The zero-order valence-corrected chi connectivity index (χ0v) is 11.3. The number of rotatable bonds is 0. The maximum absolute atomic E-state index is 12.6. The van der Waals surface area contributed by atoms with Crippen molar-refractivity contribution in [2.24, 2.45) is 5.92 Å². The molecule has 1 aromatic rings. The molecule has 1 saturated heterocycles. The van der Waals surface area contributed by atoms with Gasteiger partial charge < -0.3 is 5.32 Å². The van der Waals surface area contributed by atoms with Crippen LogP contribution in [0.4, 0.5) is 13.2 Å². The molecule has 1 fully saturated rings. The molecule has 2 aliphatic rings. The lowest BCUT2D eigenvalue weighted by Crippen LogP contribution is -2.31. The van der Waals surface area contributed by atoms with Crippen LogP contribution in [0.5, 0.6) is 0 Å². The summed E-state index contributed by atoms with van der Waals surface area (Å²) in [5.41, 5.74) is 1.43. The minimum absolute atomic E-state index is 0.279. The first-order chi connectivity index (χ1) is 9.05. The first-order valence-electron chi connectivity index (χ1n) is 6.99. The van der Waals surface area contributed by atoms with E-state index in [4.69, 9.17) is 0 Å². The fraction of sp³-hybridized carbons (Fsp3) is 0.600. The Morgan fingerprint density at radius 3 is 2.63 bits per heavy atom. The Balaban J connectivity index is 0.000000637. The van der Waals surface area contributed by atoms with Gasteiger partial charge in [0, 0.05) is 6.04 Å². The van der Waals surface area contributed by atoms with Crippen molar-refractivity contribution in [3.8, 4) is 0 Å². The van der Waals surface area contributed by atoms with E-state index >= 15 is 0 Å². The summed E-state index contributed by atoms with van der Waals surface area (Å²) in [6.07, 6.45) is -1.19. The highest BCUT2D eigenvalue weighted by atomic mass is 19.4. The van der Waals surface area contributed by atoms with Gasteiger partial charge in [-0.2, -0.15) is 13.2 Å². The van der Waals surface area contributed by atoms with Gasteiger partial charge in [0.1, 0.15) is 0 Å². The molecule has 0 radical (unpaired) electrons. The highest BCUT2D eigenvalue weighted by molar-refractivity contribution is 5.40. The van der Waals surface area contributed by atoms with E-state index in [0.717, 1.165) is 36.9 Å². The highest BCUT2D eigenvalue weighted by Crippen LogP contribution is 2.42. The van der Waals surface area contributed by atoms with Crippen LogP contribution in [0.1, 0.15) is 49.4 Å². The Kier molecular flexibility index (Phi) is 4.19. The van der Waals surface area contributed by atoms with Crippen molar-refractivity contribution < 1.29 is 13.2 Å². The lowest BCUT2D eigenvalue weighted by molar-refractivity contribution is -0.137. The predicted molar refractivity (Wildman–Crippen MR) is 70.0 cm³/mol. The molecule has 0 saturated carbocycles. The summed E-state index contributed by atoms with van der Waals surface area (Å²) in [7, 11) is 0. The summed E-state index contributed by atoms with van der Waals surface area (Å²) in [5.74, 6) is 0.488. The fourth-order valence-electron chi connectivity index (χ4n) is 3.08. The monoisotopic (exact) mass is 271 g/mol. The average molecular weight is 271 g/mol. The second kappa shape index (κ2) is 5.53. The van der Waals surface area contributed by atoms with E-state index in [1.54, 1.807) is 6.07 Å². The van der Waals surface area contributed by atoms with Gasteiger partial charge in [-0.1, -0.05) is 19.9 Å². The van der Waals surface area contributed by atoms with Crippen LogP contribution in [-0.2, 0) is 12.6 Å². The Morgan fingerprint density at radius 2 is 1.95 bits per heavy atom. The first kappa shape index (κ1) is 14.4. The van der Waals surface area contributed by atoms with Crippen LogP contribution < -0.4 is 5.32 Å². The van der Waals surface area contributed by atoms with E-state index in [0.29, 0.717) is 5.92 Å². The molecule has 2 atom stereocenters. The number of hydrogen-bond acceptors (Lipinski definition) is 1. The lowest BCUT2D eigenvalue weighted by atomic mass is 9.92. The molecular formula is C15H20F3N. The molecule has 106 valence electrons. The maximum Gasteiger partial charge on any atom is 0.416 e. The van der Waals surface area contributed by atoms with Crippen molar-refractivity contribution in [3.63, 3.8) is 0 Å². The molecule has 3 rings (SSSR count). The first-order valence-corrected chi connectivity index (χ1v) is 6.99. The number of halogens is 3. The van der Waals surface area contributed by atoms with Crippen LogP contribution in [0.3, 0.4) is 0 Å².